The van der Waals surface area contributed by atoms with Gasteiger partial charge in [0, 0.05) is 18.0 Å². The van der Waals surface area contributed by atoms with Crippen molar-refractivity contribution in [2.75, 3.05) is 24.4 Å². The lowest BCUT2D eigenvalue weighted by Crippen LogP contribution is -2.34. The number of carbonyl (C=O) groups is 1. The normalized spacial score (nSPS) is 18.7. The van der Waals surface area contributed by atoms with Crippen LogP contribution in [-0.4, -0.2) is 30.0 Å². The van der Waals surface area contributed by atoms with Crippen molar-refractivity contribution in [1.29, 1.82) is 0 Å². The molecule has 1 N–H and O–H groups in total. The average molecular weight is 342 g/mol. The van der Waals surface area contributed by atoms with E-state index in [1.54, 1.807) is 11.8 Å². The van der Waals surface area contributed by atoms with Crippen molar-refractivity contribution in [3.63, 3.8) is 0 Å². The van der Waals surface area contributed by atoms with E-state index in [2.05, 4.69) is 5.32 Å². The first kappa shape index (κ1) is 15.2. The summed E-state index contributed by atoms with van der Waals surface area (Å²) >= 11 is 1.76. The number of nitrogens with zero attached hydrogens (tertiary/aromatic N) is 1. The number of benzene rings is 2. The predicted octanol–water partition coefficient (Wildman–Crippen LogP) is 4.00. The van der Waals surface area contributed by atoms with E-state index in [1.165, 1.54) is 0 Å². The highest BCUT2D eigenvalue weighted by molar-refractivity contribution is 7.99. The predicted molar refractivity (Wildman–Crippen MR) is 94.7 cm³/mol. The maximum Gasteiger partial charge on any atom is 0.323 e. The highest BCUT2D eigenvalue weighted by Gasteiger charge is 2.31. The minimum Gasteiger partial charge on any atom is -0.454 e. The van der Waals surface area contributed by atoms with Gasteiger partial charge >= 0.3 is 6.03 Å². The molecule has 0 saturated carbocycles. The van der Waals surface area contributed by atoms with Crippen LogP contribution in [0.4, 0.5) is 10.5 Å². The van der Waals surface area contributed by atoms with Crippen LogP contribution in [0.1, 0.15) is 16.5 Å². The third-order valence-corrected chi connectivity index (χ3v) is 5.36. The first-order chi connectivity index (χ1) is 11.7. The lowest BCUT2D eigenvalue weighted by molar-refractivity contribution is 0.174. The van der Waals surface area contributed by atoms with E-state index in [-0.39, 0.29) is 18.2 Å². The Morgan fingerprint density at radius 3 is 2.96 bits per heavy atom. The van der Waals surface area contributed by atoms with Gasteiger partial charge in [0.25, 0.3) is 0 Å². The van der Waals surface area contributed by atoms with Gasteiger partial charge in [-0.25, -0.2) is 4.79 Å². The smallest absolute Gasteiger partial charge is 0.323 e. The Hall–Kier alpha value is -2.34. The van der Waals surface area contributed by atoms with Crippen LogP contribution in [0.3, 0.4) is 0 Å². The van der Waals surface area contributed by atoms with Crippen molar-refractivity contribution >= 4 is 23.5 Å². The molecule has 0 radical (unpaired) electrons. The number of anilines is 1. The van der Waals surface area contributed by atoms with Crippen LogP contribution in [0, 0.1) is 6.92 Å². The van der Waals surface area contributed by atoms with E-state index < -0.39 is 0 Å². The number of rotatable bonds is 2. The van der Waals surface area contributed by atoms with Gasteiger partial charge in [0.05, 0.1) is 0 Å². The molecule has 0 spiro atoms. The second kappa shape index (κ2) is 6.28. The van der Waals surface area contributed by atoms with E-state index in [0.29, 0.717) is 0 Å². The standard InChI is InChI=1S/C18H18N2O3S/c1-12-3-2-4-14(9-12)19-18(21)20-7-8-24-17(20)13-5-6-15-16(10-13)23-11-22-15/h2-6,9-10,17H,7-8,11H2,1H3,(H,19,21)/t17-/m0/s1. The molecule has 2 aliphatic heterocycles. The topological polar surface area (TPSA) is 50.8 Å². The van der Waals surface area contributed by atoms with Crippen molar-refractivity contribution in [1.82, 2.24) is 4.90 Å². The highest BCUT2D eigenvalue weighted by Crippen LogP contribution is 2.42. The summed E-state index contributed by atoms with van der Waals surface area (Å²) in [4.78, 5) is 14.6. The summed E-state index contributed by atoms with van der Waals surface area (Å²) in [5, 5.41) is 2.98. The molecule has 0 unspecified atom stereocenters. The fourth-order valence-electron chi connectivity index (χ4n) is 2.94. The summed E-state index contributed by atoms with van der Waals surface area (Å²) in [6, 6.07) is 13.6. The van der Waals surface area contributed by atoms with Gasteiger partial charge < -0.3 is 19.7 Å². The lowest BCUT2D eigenvalue weighted by Gasteiger charge is -2.24. The van der Waals surface area contributed by atoms with Crippen LogP contribution in [-0.2, 0) is 0 Å². The van der Waals surface area contributed by atoms with Crippen molar-refractivity contribution in [2.45, 2.75) is 12.3 Å². The number of nitrogens with one attached hydrogen (secondary N) is 1. The van der Waals surface area contributed by atoms with Crippen LogP contribution in [0.15, 0.2) is 42.5 Å². The zero-order chi connectivity index (χ0) is 16.5. The van der Waals surface area contributed by atoms with E-state index in [0.717, 1.165) is 40.6 Å². The van der Waals surface area contributed by atoms with Gasteiger partial charge in [0.1, 0.15) is 5.37 Å². The largest absolute Gasteiger partial charge is 0.454 e. The Kier molecular flexibility index (Phi) is 3.98. The van der Waals surface area contributed by atoms with Crippen molar-refractivity contribution in [2.24, 2.45) is 0 Å². The van der Waals surface area contributed by atoms with Crippen LogP contribution >= 0.6 is 11.8 Å². The average Bonchev–Trinajstić information content (AvgIpc) is 3.23. The van der Waals surface area contributed by atoms with E-state index in [4.69, 9.17) is 9.47 Å². The Morgan fingerprint density at radius 2 is 2.08 bits per heavy atom. The molecular weight excluding hydrogens is 324 g/mol. The maximum atomic E-state index is 12.7. The molecule has 0 aliphatic carbocycles. The number of aryl methyl sites for hydroxylation is 1. The molecule has 2 aliphatic rings. The van der Waals surface area contributed by atoms with Gasteiger partial charge in [0.2, 0.25) is 6.79 Å². The van der Waals surface area contributed by atoms with E-state index >= 15 is 0 Å². The van der Waals surface area contributed by atoms with E-state index in [9.17, 15) is 4.79 Å². The van der Waals surface area contributed by atoms with Gasteiger partial charge in [-0.1, -0.05) is 18.2 Å². The number of fused-ring (bicyclic) bond motifs is 1. The fourth-order valence-corrected chi connectivity index (χ4v) is 4.18. The van der Waals surface area contributed by atoms with Gasteiger partial charge in [0.15, 0.2) is 11.5 Å². The maximum absolute atomic E-state index is 12.7. The van der Waals surface area contributed by atoms with Gasteiger partial charge in [-0.3, -0.25) is 0 Å². The molecule has 2 aromatic rings. The highest BCUT2D eigenvalue weighted by atomic mass is 32.2. The molecule has 1 saturated heterocycles. The van der Waals surface area contributed by atoms with Crippen molar-refractivity contribution in [3.8, 4) is 11.5 Å². The second-order valence-electron chi connectivity index (χ2n) is 5.83. The van der Waals surface area contributed by atoms with Crippen LogP contribution in [0.5, 0.6) is 11.5 Å². The number of urea groups is 1. The molecule has 1 fully saturated rings. The summed E-state index contributed by atoms with van der Waals surface area (Å²) in [6.07, 6.45) is 0. The van der Waals surface area contributed by atoms with Crippen molar-refractivity contribution < 1.29 is 14.3 Å². The number of carbonyl (C=O) groups excluding carboxylic acids is 1. The Morgan fingerprint density at radius 1 is 1.21 bits per heavy atom. The fraction of sp³-hybridized carbons (Fsp3) is 0.278. The first-order valence-corrected chi connectivity index (χ1v) is 8.91. The number of thioether (sulfide) groups is 1. The number of hydrogen-bond donors (Lipinski definition) is 1. The molecule has 0 bridgehead atoms. The molecule has 2 aromatic carbocycles. The van der Waals surface area contributed by atoms with Crippen molar-refractivity contribution in [3.05, 3.63) is 53.6 Å². The summed E-state index contributed by atoms with van der Waals surface area (Å²) in [5.74, 6) is 2.43. The quantitative estimate of drug-likeness (QED) is 0.896. The summed E-state index contributed by atoms with van der Waals surface area (Å²) in [6.45, 7) is 2.99. The monoisotopic (exact) mass is 342 g/mol. The summed E-state index contributed by atoms with van der Waals surface area (Å²) in [7, 11) is 0. The van der Waals surface area contributed by atoms with E-state index in [1.807, 2.05) is 54.3 Å². The molecule has 4 rings (SSSR count). The molecule has 2 heterocycles. The number of amides is 2. The third-order valence-electron chi connectivity index (χ3n) is 4.10. The van der Waals surface area contributed by atoms with Crippen LogP contribution in [0.25, 0.3) is 0 Å². The van der Waals surface area contributed by atoms with Crippen LogP contribution < -0.4 is 14.8 Å². The molecular formula is C18H18N2O3S. The zero-order valence-corrected chi connectivity index (χ0v) is 14.1. The summed E-state index contributed by atoms with van der Waals surface area (Å²) in [5.41, 5.74) is 3.00. The third kappa shape index (κ3) is 2.89. The number of ether oxygens (including phenoxy) is 2. The Bertz CT molecular complexity index is 781. The van der Waals surface area contributed by atoms with Gasteiger partial charge in [-0.05, 0) is 42.3 Å². The Labute approximate surface area is 144 Å². The molecule has 124 valence electrons. The molecule has 1 atom stereocenters. The zero-order valence-electron chi connectivity index (χ0n) is 13.3. The van der Waals surface area contributed by atoms with Crippen LogP contribution in [0.2, 0.25) is 0 Å². The minimum atomic E-state index is -0.0757. The first-order valence-electron chi connectivity index (χ1n) is 7.86. The molecule has 0 aromatic heterocycles. The SMILES string of the molecule is Cc1cccc(NC(=O)N2CCS[C@H]2c2ccc3c(c2)OCO3)c1. The molecule has 6 heteroatoms. The Balaban J connectivity index is 1.53. The molecule has 2 amide bonds. The molecule has 5 nitrogen and oxygen atoms in total. The van der Waals surface area contributed by atoms with Gasteiger partial charge in [-0.2, -0.15) is 0 Å². The van der Waals surface area contributed by atoms with Gasteiger partial charge in [-0.15, -0.1) is 11.8 Å². The lowest BCUT2D eigenvalue weighted by atomic mass is 10.2. The molecule has 24 heavy (non-hydrogen) atoms. The number of hydrogen-bond acceptors (Lipinski definition) is 4. The second-order valence-corrected chi connectivity index (χ2v) is 7.02. The summed E-state index contributed by atoms with van der Waals surface area (Å²) < 4.78 is 10.8. The minimum absolute atomic E-state index is 0.00990.